The van der Waals surface area contributed by atoms with Gasteiger partial charge in [0, 0.05) is 41.9 Å². The van der Waals surface area contributed by atoms with Crippen LogP contribution >= 0.6 is 0 Å². The van der Waals surface area contributed by atoms with Crippen molar-refractivity contribution in [2.75, 3.05) is 23.3 Å². The maximum Gasteiger partial charge on any atom is 0.264 e. The lowest BCUT2D eigenvalue weighted by molar-refractivity contribution is -0.120. The highest BCUT2D eigenvalue weighted by atomic mass is 16.2. The number of carbonyl (C=O) groups is 1. The molecule has 34 heavy (non-hydrogen) atoms. The number of amides is 1. The van der Waals surface area contributed by atoms with E-state index in [9.17, 15) is 9.59 Å². The van der Waals surface area contributed by atoms with Gasteiger partial charge < -0.3 is 10.2 Å². The van der Waals surface area contributed by atoms with Crippen molar-refractivity contribution in [3.63, 3.8) is 0 Å². The Kier molecular flexibility index (Phi) is 6.11. The van der Waals surface area contributed by atoms with Crippen LogP contribution in [0.2, 0.25) is 0 Å². The van der Waals surface area contributed by atoms with E-state index in [1.54, 1.807) is 6.07 Å². The van der Waals surface area contributed by atoms with Crippen LogP contribution in [0.5, 0.6) is 0 Å². The zero-order chi connectivity index (χ0) is 23.3. The lowest BCUT2D eigenvalue weighted by atomic mass is 9.95. The van der Waals surface area contributed by atoms with Crippen molar-refractivity contribution in [1.82, 2.24) is 20.4 Å². The van der Waals surface area contributed by atoms with Crippen LogP contribution in [0.1, 0.15) is 12.8 Å². The second-order valence-electron chi connectivity index (χ2n) is 8.28. The van der Waals surface area contributed by atoms with Gasteiger partial charge in [0.1, 0.15) is 0 Å². The van der Waals surface area contributed by atoms with E-state index in [4.69, 9.17) is 0 Å². The van der Waals surface area contributed by atoms with Crippen LogP contribution in [0.25, 0.3) is 22.5 Å². The molecule has 0 unspecified atom stereocenters. The van der Waals surface area contributed by atoms with Crippen molar-refractivity contribution < 1.29 is 4.79 Å². The average molecular weight is 453 g/mol. The first-order valence-corrected chi connectivity index (χ1v) is 11.3. The van der Waals surface area contributed by atoms with Crippen LogP contribution < -0.4 is 15.8 Å². The molecule has 2 aromatic heterocycles. The molecule has 2 aromatic carbocycles. The molecule has 0 atom stereocenters. The zero-order valence-corrected chi connectivity index (χ0v) is 18.5. The molecule has 0 spiro atoms. The summed E-state index contributed by atoms with van der Waals surface area (Å²) in [6.45, 7) is 1.52. The van der Waals surface area contributed by atoms with Gasteiger partial charge in [0.25, 0.3) is 5.56 Å². The van der Waals surface area contributed by atoms with Crippen molar-refractivity contribution >= 4 is 17.4 Å². The fourth-order valence-corrected chi connectivity index (χ4v) is 4.10. The Hall–Kier alpha value is -4.33. The SMILES string of the molecule is O=C(Nc1ccc(-c2ccc(=O)[nH]n2)cc1)C1CCN(c2ccc(-c3ccccc3)nn2)CC1. The first-order valence-electron chi connectivity index (χ1n) is 11.3. The zero-order valence-electron chi connectivity index (χ0n) is 18.5. The molecular weight excluding hydrogens is 428 g/mol. The van der Waals surface area contributed by atoms with Gasteiger partial charge in [-0.15, -0.1) is 10.2 Å². The quantitative estimate of drug-likeness (QED) is 0.478. The minimum absolute atomic E-state index is 0.0278. The third-order valence-corrected chi connectivity index (χ3v) is 6.04. The van der Waals surface area contributed by atoms with Gasteiger partial charge in [0.2, 0.25) is 5.91 Å². The smallest absolute Gasteiger partial charge is 0.264 e. The van der Waals surface area contributed by atoms with Crippen LogP contribution in [-0.2, 0) is 4.79 Å². The summed E-state index contributed by atoms with van der Waals surface area (Å²) in [5.74, 6) is 0.818. The molecule has 170 valence electrons. The summed E-state index contributed by atoms with van der Waals surface area (Å²) >= 11 is 0. The largest absolute Gasteiger partial charge is 0.355 e. The molecule has 1 saturated heterocycles. The summed E-state index contributed by atoms with van der Waals surface area (Å²) in [6, 6.07) is 24.5. The molecule has 2 N–H and O–H groups in total. The van der Waals surface area contributed by atoms with Gasteiger partial charge in [0.15, 0.2) is 5.82 Å². The predicted molar refractivity (Wildman–Crippen MR) is 131 cm³/mol. The van der Waals surface area contributed by atoms with Gasteiger partial charge in [-0.3, -0.25) is 9.59 Å². The number of benzene rings is 2. The number of H-pyrrole nitrogens is 1. The van der Waals surface area contributed by atoms with Crippen LogP contribution in [0.3, 0.4) is 0 Å². The monoisotopic (exact) mass is 452 g/mol. The number of anilines is 2. The summed E-state index contributed by atoms with van der Waals surface area (Å²) in [4.78, 5) is 26.1. The van der Waals surface area contributed by atoms with Crippen molar-refractivity contribution in [3.05, 3.63) is 89.2 Å². The number of aromatic nitrogens is 4. The Morgan fingerprint density at radius 1 is 0.824 bits per heavy atom. The van der Waals surface area contributed by atoms with Gasteiger partial charge >= 0.3 is 0 Å². The fraction of sp³-hybridized carbons (Fsp3) is 0.192. The fourth-order valence-electron chi connectivity index (χ4n) is 4.10. The Labute approximate surface area is 196 Å². The number of rotatable bonds is 5. The summed E-state index contributed by atoms with van der Waals surface area (Å²) in [5, 5.41) is 18.2. The van der Waals surface area contributed by atoms with E-state index < -0.39 is 0 Å². The number of nitrogens with zero attached hydrogens (tertiary/aromatic N) is 4. The van der Waals surface area contributed by atoms with Crippen LogP contribution in [-0.4, -0.2) is 39.4 Å². The number of nitrogens with one attached hydrogen (secondary N) is 2. The van der Waals surface area contributed by atoms with Gasteiger partial charge in [-0.2, -0.15) is 5.10 Å². The number of carbonyl (C=O) groups excluding carboxylic acids is 1. The van der Waals surface area contributed by atoms with Gasteiger partial charge in [-0.25, -0.2) is 5.10 Å². The standard InChI is InChI=1S/C26H24N6O2/c33-25-13-11-23(29-31-25)19-6-8-21(9-7-19)27-26(34)20-14-16-32(17-15-20)24-12-10-22(28-30-24)18-4-2-1-3-5-18/h1-13,20H,14-17H2,(H,27,34)(H,31,33). The van der Waals surface area contributed by atoms with Crippen molar-refractivity contribution in [2.24, 2.45) is 5.92 Å². The molecular formula is C26H24N6O2. The van der Waals surface area contributed by atoms with E-state index in [0.29, 0.717) is 5.69 Å². The Morgan fingerprint density at radius 2 is 1.53 bits per heavy atom. The highest BCUT2D eigenvalue weighted by Crippen LogP contribution is 2.25. The molecule has 0 saturated carbocycles. The van der Waals surface area contributed by atoms with E-state index in [2.05, 4.69) is 30.6 Å². The van der Waals surface area contributed by atoms with Crippen LogP contribution in [0.15, 0.2) is 83.7 Å². The number of hydrogen-bond acceptors (Lipinski definition) is 6. The highest BCUT2D eigenvalue weighted by Gasteiger charge is 2.26. The van der Waals surface area contributed by atoms with E-state index >= 15 is 0 Å². The van der Waals surface area contributed by atoms with Gasteiger partial charge in [0.05, 0.1) is 11.4 Å². The molecule has 8 nitrogen and oxygen atoms in total. The average Bonchev–Trinajstić information content (AvgIpc) is 2.90. The molecule has 3 heterocycles. The van der Waals surface area contributed by atoms with E-state index in [1.807, 2.05) is 66.7 Å². The minimum atomic E-state index is -0.241. The third kappa shape index (κ3) is 4.85. The Morgan fingerprint density at radius 3 is 2.18 bits per heavy atom. The maximum absolute atomic E-state index is 12.8. The summed E-state index contributed by atoms with van der Waals surface area (Å²) in [7, 11) is 0. The van der Waals surface area contributed by atoms with Crippen molar-refractivity contribution in [3.8, 4) is 22.5 Å². The minimum Gasteiger partial charge on any atom is -0.355 e. The molecule has 1 amide bonds. The normalized spacial score (nSPS) is 14.1. The molecule has 1 fully saturated rings. The molecule has 0 aliphatic carbocycles. The Bertz CT molecular complexity index is 1290. The highest BCUT2D eigenvalue weighted by molar-refractivity contribution is 5.93. The molecule has 5 rings (SSSR count). The maximum atomic E-state index is 12.8. The molecule has 4 aromatic rings. The second-order valence-corrected chi connectivity index (χ2v) is 8.28. The second kappa shape index (κ2) is 9.66. The lowest BCUT2D eigenvalue weighted by Gasteiger charge is -2.31. The predicted octanol–water partition coefficient (Wildman–Crippen LogP) is 3.75. The topological polar surface area (TPSA) is 104 Å². The molecule has 8 heteroatoms. The molecule has 1 aliphatic rings. The van der Waals surface area contributed by atoms with Crippen molar-refractivity contribution in [2.45, 2.75) is 12.8 Å². The first kappa shape index (κ1) is 21.5. The van der Waals surface area contributed by atoms with Crippen LogP contribution in [0.4, 0.5) is 11.5 Å². The first-order chi connectivity index (χ1) is 16.7. The number of piperidine rings is 1. The van der Waals surface area contributed by atoms with E-state index in [-0.39, 0.29) is 17.4 Å². The van der Waals surface area contributed by atoms with Gasteiger partial charge in [-0.1, -0.05) is 42.5 Å². The van der Waals surface area contributed by atoms with Gasteiger partial charge in [-0.05, 0) is 43.2 Å². The molecule has 1 aliphatic heterocycles. The van der Waals surface area contributed by atoms with E-state index in [1.165, 1.54) is 6.07 Å². The van der Waals surface area contributed by atoms with Crippen LogP contribution in [0, 0.1) is 5.92 Å². The number of hydrogen-bond donors (Lipinski definition) is 2. The summed E-state index contributed by atoms with van der Waals surface area (Å²) < 4.78 is 0. The summed E-state index contributed by atoms with van der Waals surface area (Å²) in [5.41, 5.74) is 3.92. The summed E-state index contributed by atoms with van der Waals surface area (Å²) in [6.07, 6.45) is 1.51. The molecule has 0 radical (unpaired) electrons. The lowest BCUT2D eigenvalue weighted by Crippen LogP contribution is -2.38. The number of aromatic amines is 1. The third-order valence-electron chi connectivity index (χ3n) is 6.04. The van der Waals surface area contributed by atoms with E-state index in [0.717, 1.165) is 54.3 Å². The molecule has 0 bridgehead atoms. The Balaban J connectivity index is 1.15. The van der Waals surface area contributed by atoms with Crippen molar-refractivity contribution in [1.29, 1.82) is 0 Å².